The minimum absolute atomic E-state index is 0.0736. The fraction of sp³-hybridized carbons (Fsp3) is 0.333. The van der Waals surface area contributed by atoms with Crippen LogP contribution in [0.25, 0.3) is 0 Å². The Hall–Kier alpha value is -2.45. The van der Waals surface area contributed by atoms with Crippen LogP contribution in [-0.4, -0.2) is 63.8 Å². The van der Waals surface area contributed by atoms with Crippen molar-refractivity contribution < 1.29 is 18.2 Å². The zero-order valence-corrected chi connectivity index (χ0v) is 15.7. The Kier molecular flexibility index (Phi) is 5.24. The smallest absolute Gasteiger partial charge is 0.274 e. The maximum atomic E-state index is 12.7. The number of carbonyl (C=O) groups excluding carboxylic acids is 1. The highest BCUT2D eigenvalue weighted by molar-refractivity contribution is 7.89. The van der Waals surface area contributed by atoms with Gasteiger partial charge in [0.2, 0.25) is 10.0 Å². The number of aromatic nitrogens is 1. The van der Waals surface area contributed by atoms with Crippen LogP contribution < -0.4 is 9.88 Å². The predicted molar refractivity (Wildman–Crippen MR) is 98.4 cm³/mol. The monoisotopic (exact) mass is 375 g/mol. The molecule has 2 heterocycles. The lowest BCUT2D eigenvalue weighted by atomic mass is 10.2. The molecule has 26 heavy (non-hydrogen) atoms. The molecule has 0 unspecified atom stereocenters. The first-order valence-corrected chi connectivity index (χ1v) is 9.87. The number of H-pyrrole nitrogens is 1. The summed E-state index contributed by atoms with van der Waals surface area (Å²) in [4.78, 5) is 20.1. The number of nitrogens with one attached hydrogen (secondary N) is 1. The highest BCUT2D eigenvalue weighted by atomic mass is 32.2. The number of nitrogens with zero attached hydrogens (tertiary/aromatic N) is 3. The second kappa shape index (κ2) is 7.43. The summed E-state index contributed by atoms with van der Waals surface area (Å²) in [5.74, 6) is 0.966. The van der Waals surface area contributed by atoms with E-state index in [2.05, 4.69) is 9.88 Å². The lowest BCUT2D eigenvalue weighted by Gasteiger charge is -2.31. The third-order valence-electron chi connectivity index (χ3n) is 4.48. The fourth-order valence-electron chi connectivity index (χ4n) is 2.89. The van der Waals surface area contributed by atoms with E-state index in [9.17, 15) is 13.2 Å². The van der Waals surface area contributed by atoms with Gasteiger partial charge in [0, 0.05) is 25.7 Å². The molecule has 7 nitrogen and oxygen atoms in total. The minimum Gasteiger partial charge on any atom is -0.331 e. The van der Waals surface area contributed by atoms with Gasteiger partial charge in [-0.25, -0.2) is 17.7 Å². The minimum atomic E-state index is -3.48. The topological polar surface area (TPSA) is 75.1 Å². The normalized spacial score (nSPS) is 15.3. The van der Waals surface area contributed by atoms with Crippen LogP contribution in [0, 0.1) is 0 Å². The van der Waals surface area contributed by atoms with Crippen molar-refractivity contribution >= 4 is 21.7 Å². The van der Waals surface area contributed by atoms with Crippen LogP contribution in [0.2, 0.25) is 0 Å². The van der Waals surface area contributed by atoms with Gasteiger partial charge >= 0.3 is 0 Å². The van der Waals surface area contributed by atoms with Crippen LogP contribution in [0.1, 0.15) is 10.4 Å². The van der Waals surface area contributed by atoms with Crippen molar-refractivity contribution in [1.29, 1.82) is 0 Å². The summed E-state index contributed by atoms with van der Waals surface area (Å²) in [6.07, 6.45) is 1.89. The summed E-state index contributed by atoms with van der Waals surface area (Å²) in [7, 11) is -0.516. The van der Waals surface area contributed by atoms with Gasteiger partial charge < -0.3 is 4.90 Å². The Bertz CT molecular complexity index is 859. The molecule has 8 heteroatoms. The van der Waals surface area contributed by atoms with Gasteiger partial charge in [-0.2, -0.15) is 0 Å². The molecule has 1 aromatic heterocycles. The van der Waals surface area contributed by atoms with Gasteiger partial charge in [-0.3, -0.25) is 9.69 Å². The lowest BCUT2D eigenvalue weighted by Crippen LogP contribution is -2.50. The number of carbonyl (C=O) groups is 1. The van der Waals surface area contributed by atoms with Gasteiger partial charge in [-0.1, -0.05) is 6.07 Å². The average molecular weight is 375 g/mol. The van der Waals surface area contributed by atoms with Gasteiger partial charge in [0.25, 0.3) is 11.7 Å². The highest BCUT2D eigenvalue weighted by Gasteiger charge is 2.27. The number of benzene rings is 1. The van der Waals surface area contributed by atoms with Crippen LogP contribution in [-0.2, 0) is 10.0 Å². The first-order chi connectivity index (χ1) is 12.4. The molecule has 1 fully saturated rings. The maximum absolute atomic E-state index is 12.7. The second-order valence-corrected chi connectivity index (χ2v) is 8.49. The summed E-state index contributed by atoms with van der Waals surface area (Å²) in [6, 6.07) is 12.1. The number of anilines is 1. The maximum Gasteiger partial charge on any atom is 0.274 e. The molecule has 1 aliphatic rings. The standard InChI is InChI=1S/C18H22N4O3S/c1-20(2)26(24,25)16-8-6-15(7-9-16)18(23)22-13-11-21(12-14-22)17-5-3-4-10-19-17/h3-10H,11-14H2,1-2H3/p+1. The van der Waals surface area contributed by atoms with E-state index in [1.807, 2.05) is 24.4 Å². The van der Waals surface area contributed by atoms with Crippen molar-refractivity contribution in [3.8, 4) is 0 Å². The Morgan fingerprint density at radius 3 is 2.19 bits per heavy atom. The molecule has 1 aliphatic heterocycles. The highest BCUT2D eigenvalue weighted by Crippen LogP contribution is 2.17. The number of hydrogen-bond donors (Lipinski definition) is 0. The Labute approximate surface area is 153 Å². The Balaban J connectivity index is 1.66. The number of piperazine rings is 1. The summed E-state index contributed by atoms with van der Waals surface area (Å²) in [5.41, 5.74) is 0.502. The molecule has 0 aliphatic carbocycles. The molecule has 1 N–H and O–H groups in total. The van der Waals surface area contributed by atoms with E-state index in [0.29, 0.717) is 18.7 Å². The first-order valence-electron chi connectivity index (χ1n) is 8.43. The van der Waals surface area contributed by atoms with Crippen LogP contribution in [0.3, 0.4) is 0 Å². The van der Waals surface area contributed by atoms with Crippen LogP contribution in [0.4, 0.5) is 5.82 Å². The number of pyridine rings is 1. The summed E-state index contributed by atoms with van der Waals surface area (Å²) < 4.78 is 25.4. The van der Waals surface area contributed by atoms with Crippen LogP contribution >= 0.6 is 0 Å². The fourth-order valence-corrected chi connectivity index (χ4v) is 3.80. The van der Waals surface area contributed by atoms with E-state index in [0.717, 1.165) is 23.2 Å². The van der Waals surface area contributed by atoms with Crippen molar-refractivity contribution in [3.05, 3.63) is 54.2 Å². The van der Waals surface area contributed by atoms with Gasteiger partial charge in [0.1, 0.15) is 13.1 Å². The van der Waals surface area contributed by atoms with E-state index < -0.39 is 10.0 Å². The molecule has 138 valence electrons. The zero-order valence-electron chi connectivity index (χ0n) is 14.9. The van der Waals surface area contributed by atoms with E-state index in [1.165, 1.54) is 26.2 Å². The number of sulfonamides is 1. The lowest BCUT2D eigenvalue weighted by molar-refractivity contribution is -0.364. The number of amides is 1. The Morgan fingerprint density at radius 1 is 1.00 bits per heavy atom. The number of hydrogen-bond acceptors (Lipinski definition) is 4. The Morgan fingerprint density at radius 2 is 1.65 bits per heavy atom. The third-order valence-corrected chi connectivity index (χ3v) is 6.31. The van der Waals surface area contributed by atoms with E-state index in [-0.39, 0.29) is 10.8 Å². The van der Waals surface area contributed by atoms with E-state index in [4.69, 9.17) is 0 Å². The van der Waals surface area contributed by atoms with Gasteiger partial charge in [-0.05, 0) is 30.3 Å². The molecule has 1 aromatic carbocycles. The SMILES string of the molecule is CN(C)S(=O)(=O)c1ccc(C(=O)N2CCN(c3cccc[nH+]3)CC2)cc1. The average Bonchev–Trinajstić information content (AvgIpc) is 2.68. The molecule has 0 bridgehead atoms. The van der Waals surface area contributed by atoms with Gasteiger partial charge in [0.05, 0.1) is 24.2 Å². The van der Waals surface area contributed by atoms with Crippen molar-refractivity contribution in [2.75, 3.05) is 45.2 Å². The summed E-state index contributed by atoms with van der Waals surface area (Å²) >= 11 is 0. The third kappa shape index (κ3) is 3.71. The van der Waals surface area contributed by atoms with Crippen LogP contribution in [0.15, 0.2) is 53.6 Å². The molecule has 1 amide bonds. The quantitative estimate of drug-likeness (QED) is 0.789. The van der Waals surface area contributed by atoms with Crippen molar-refractivity contribution in [3.63, 3.8) is 0 Å². The molecular formula is C18H23N4O3S+. The largest absolute Gasteiger partial charge is 0.331 e. The van der Waals surface area contributed by atoms with Crippen molar-refractivity contribution in [2.24, 2.45) is 0 Å². The number of aromatic amines is 1. The van der Waals surface area contributed by atoms with E-state index >= 15 is 0 Å². The van der Waals surface area contributed by atoms with Crippen molar-refractivity contribution in [2.45, 2.75) is 4.90 Å². The van der Waals surface area contributed by atoms with E-state index in [1.54, 1.807) is 17.0 Å². The molecule has 3 rings (SSSR count). The van der Waals surface area contributed by atoms with Crippen molar-refractivity contribution in [1.82, 2.24) is 9.21 Å². The molecule has 0 radical (unpaired) electrons. The molecule has 0 atom stereocenters. The predicted octanol–water partition coefficient (Wildman–Crippen LogP) is 0.713. The number of rotatable bonds is 4. The molecule has 1 saturated heterocycles. The summed E-state index contributed by atoms with van der Waals surface area (Å²) in [5, 5.41) is 0. The van der Waals surface area contributed by atoms with Crippen LogP contribution in [0.5, 0.6) is 0 Å². The molecule has 2 aromatic rings. The van der Waals surface area contributed by atoms with Gasteiger partial charge in [-0.15, -0.1) is 0 Å². The van der Waals surface area contributed by atoms with Gasteiger partial charge in [0.15, 0.2) is 0 Å². The molecule has 0 spiro atoms. The molecule has 0 saturated carbocycles. The second-order valence-electron chi connectivity index (χ2n) is 6.34. The zero-order chi connectivity index (χ0) is 18.7. The molecular weight excluding hydrogens is 352 g/mol. The first kappa shape index (κ1) is 18.3. The summed E-state index contributed by atoms with van der Waals surface area (Å²) in [6.45, 7) is 2.75.